The molecule has 0 amide bonds. The molecule has 0 saturated heterocycles. The van der Waals surface area contributed by atoms with Crippen molar-refractivity contribution in [1.82, 2.24) is 0 Å². The second kappa shape index (κ2) is 8.76. The number of hydrogen-bond donors (Lipinski definition) is 1. The Bertz CT molecular complexity index is 825. The summed E-state index contributed by atoms with van der Waals surface area (Å²) in [6.07, 6.45) is 1.53. The van der Waals surface area contributed by atoms with Gasteiger partial charge < -0.3 is 9.84 Å². The molecular weight excluding hydrogens is 347 g/mol. The molecule has 1 N–H and O–H groups in total. The van der Waals surface area contributed by atoms with Gasteiger partial charge in [-0.1, -0.05) is 43.7 Å². The Morgan fingerprint density at radius 1 is 1.15 bits per heavy atom. The first kappa shape index (κ1) is 19.0. The number of halogens is 1. The van der Waals surface area contributed by atoms with Gasteiger partial charge in [-0.2, -0.15) is 0 Å². The maximum absolute atomic E-state index is 14.3. The van der Waals surface area contributed by atoms with Gasteiger partial charge in [0, 0.05) is 16.0 Å². The van der Waals surface area contributed by atoms with Crippen LogP contribution in [0.2, 0.25) is 0 Å². The van der Waals surface area contributed by atoms with E-state index >= 15 is 0 Å². The highest BCUT2D eigenvalue weighted by atomic mass is 32.1. The SMILES string of the molecule is CCC[C@@H](O)C(C)OCc1ccc(F)c(Cc2cc3ccccc3s2)c1. The average Bonchev–Trinajstić information content (AvgIpc) is 3.04. The fourth-order valence-corrected chi connectivity index (χ4v) is 4.12. The van der Waals surface area contributed by atoms with Gasteiger partial charge in [-0.15, -0.1) is 11.3 Å². The van der Waals surface area contributed by atoms with Gasteiger partial charge in [0.05, 0.1) is 18.8 Å². The number of aliphatic hydroxyl groups is 1. The Morgan fingerprint density at radius 2 is 1.96 bits per heavy atom. The Labute approximate surface area is 158 Å². The Morgan fingerprint density at radius 3 is 2.73 bits per heavy atom. The molecule has 0 aliphatic heterocycles. The quantitative estimate of drug-likeness (QED) is 0.550. The Balaban J connectivity index is 1.69. The normalized spacial score (nSPS) is 13.8. The minimum atomic E-state index is -0.460. The monoisotopic (exact) mass is 372 g/mol. The van der Waals surface area contributed by atoms with Crippen molar-refractivity contribution in [2.24, 2.45) is 0 Å². The first-order valence-corrected chi connectivity index (χ1v) is 9.93. The van der Waals surface area contributed by atoms with E-state index < -0.39 is 6.10 Å². The lowest BCUT2D eigenvalue weighted by Gasteiger charge is -2.19. The minimum Gasteiger partial charge on any atom is -0.390 e. The number of rotatable bonds is 8. The molecule has 0 radical (unpaired) electrons. The molecule has 0 saturated carbocycles. The van der Waals surface area contributed by atoms with Crippen LogP contribution in [-0.2, 0) is 17.8 Å². The smallest absolute Gasteiger partial charge is 0.126 e. The second-order valence-corrected chi connectivity index (χ2v) is 7.89. The van der Waals surface area contributed by atoms with Gasteiger partial charge in [0.15, 0.2) is 0 Å². The van der Waals surface area contributed by atoms with E-state index in [4.69, 9.17) is 4.74 Å². The Hall–Kier alpha value is -1.75. The fraction of sp³-hybridized carbons (Fsp3) is 0.364. The molecule has 3 aromatic rings. The predicted octanol–water partition coefficient (Wildman–Crippen LogP) is 5.70. The molecule has 0 fully saturated rings. The lowest BCUT2D eigenvalue weighted by atomic mass is 10.1. The van der Waals surface area contributed by atoms with Crippen LogP contribution in [0.15, 0.2) is 48.5 Å². The van der Waals surface area contributed by atoms with Crippen LogP contribution in [0, 0.1) is 5.82 Å². The number of hydrogen-bond acceptors (Lipinski definition) is 3. The number of aliphatic hydroxyl groups excluding tert-OH is 1. The van der Waals surface area contributed by atoms with Crippen molar-refractivity contribution >= 4 is 21.4 Å². The minimum absolute atomic E-state index is 0.190. The molecule has 1 heterocycles. The third-order valence-corrected chi connectivity index (χ3v) is 5.71. The van der Waals surface area contributed by atoms with E-state index in [9.17, 15) is 9.50 Å². The van der Waals surface area contributed by atoms with Crippen LogP contribution >= 0.6 is 11.3 Å². The third kappa shape index (κ3) is 4.70. The highest BCUT2D eigenvalue weighted by molar-refractivity contribution is 7.19. The van der Waals surface area contributed by atoms with Crippen LogP contribution in [0.5, 0.6) is 0 Å². The topological polar surface area (TPSA) is 29.5 Å². The highest BCUT2D eigenvalue weighted by Gasteiger charge is 2.14. The molecular formula is C22H25FO2S. The lowest BCUT2D eigenvalue weighted by molar-refractivity contribution is -0.0381. The maximum atomic E-state index is 14.3. The summed E-state index contributed by atoms with van der Waals surface area (Å²) in [5.74, 6) is -0.190. The summed E-state index contributed by atoms with van der Waals surface area (Å²) >= 11 is 1.70. The maximum Gasteiger partial charge on any atom is 0.126 e. The summed E-state index contributed by atoms with van der Waals surface area (Å²) in [5, 5.41) is 11.2. The summed E-state index contributed by atoms with van der Waals surface area (Å²) in [6, 6.07) is 15.5. The van der Waals surface area contributed by atoms with Crippen molar-refractivity contribution in [3.63, 3.8) is 0 Å². The van der Waals surface area contributed by atoms with Gasteiger partial charge in [-0.3, -0.25) is 0 Å². The van der Waals surface area contributed by atoms with Crippen LogP contribution in [0.3, 0.4) is 0 Å². The molecule has 4 heteroatoms. The predicted molar refractivity (Wildman–Crippen MR) is 106 cm³/mol. The number of thiophene rings is 1. The highest BCUT2D eigenvalue weighted by Crippen LogP contribution is 2.28. The van der Waals surface area contributed by atoms with Crippen molar-refractivity contribution < 1.29 is 14.2 Å². The molecule has 2 nitrogen and oxygen atoms in total. The third-order valence-electron chi connectivity index (χ3n) is 4.59. The van der Waals surface area contributed by atoms with E-state index in [1.165, 1.54) is 16.2 Å². The van der Waals surface area contributed by atoms with Crippen molar-refractivity contribution in [2.75, 3.05) is 0 Å². The molecule has 2 atom stereocenters. The summed E-state index contributed by atoms with van der Waals surface area (Å²) in [5.41, 5.74) is 1.61. The van der Waals surface area contributed by atoms with Crippen LogP contribution < -0.4 is 0 Å². The summed E-state index contributed by atoms with van der Waals surface area (Å²) in [7, 11) is 0. The molecule has 0 aliphatic rings. The molecule has 3 rings (SSSR count). The van der Waals surface area contributed by atoms with Gasteiger partial charge in [0.2, 0.25) is 0 Å². The van der Waals surface area contributed by atoms with Crippen LogP contribution in [0.1, 0.15) is 42.7 Å². The second-order valence-electron chi connectivity index (χ2n) is 6.73. The fourth-order valence-electron chi connectivity index (χ4n) is 3.03. The molecule has 138 valence electrons. The van der Waals surface area contributed by atoms with Gasteiger partial charge in [-0.25, -0.2) is 4.39 Å². The van der Waals surface area contributed by atoms with E-state index in [0.717, 1.165) is 23.3 Å². The van der Waals surface area contributed by atoms with Crippen LogP contribution in [-0.4, -0.2) is 17.3 Å². The van der Waals surface area contributed by atoms with Crippen molar-refractivity contribution in [2.45, 2.75) is 51.9 Å². The summed E-state index contributed by atoms with van der Waals surface area (Å²) < 4.78 is 21.3. The van der Waals surface area contributed by atoms with Crippen molar-refractivity contribution in [3.05, 3.63) is 70.4 Å². The van der Waals surface area contributed by atoms with Crippen molar-refractivity contribution in [3.8, 4) is 0 Å². The molecule has 1 aromatic heterocycles. The van der Waals surface area contributed by atoms with Gasteiger partial charge in [0.25, 0.3) is 0 Å². The van der Waals surface area contributed by atoms with Gasteiger partial charge in [0.1, 0.15) is 5.82 Å². The molecule has 2 aromatic carbocycles. The zero-order valence-corrected chi connectivity index (χ0v) is 16.1. The van der Waals surface area contributed by atoms with E-state index in [1.54, 1.807) is 17.4 Å². The van der Waals surface area contributed by atoms with E-state index in [-0.39, 0.29) is 11.9 Å². The van der Waals surface area contributed by atoms with Gasteiger partial charge >= 0.3 is 0 Å². The number of benzene rings is 2. The molecule has 0 aliphatic carbocycles. The largest absolute Gasteiger partial charge is 0.390 e. The molecule has 0 spiro atoms. The first-order chi connectivity index (χ1) is 12.6. The number of fused-ring (bicyclic) bond motifs is 1. The number of ether oxygens (including phenoxy) is 1. The molecule has 0 bridgehead atoms. The lowest BCUT2D eigenvalue weighted by Crippen LogP contribution is -2.25. The van der Waals surface area contributed by atoms with Gasteiger partial charge in [-0.05, 0) is 48.1 Å². The molecule has 26 heavy (non-hydrogen) atoms. The first-order valence-electron chi connectivity index (χ1n) is 9.11. The standard InChI is InChI=1S/C22H25FO2S/c1-3-6-21(24)15(2)25-14-16-9-10-20(23)18(11-16)13-19-12-17-7-4-5-8-22(17)26-19/h4-5,7-12,15,21,24H,3,6,13-14H2,1-2H3/t15?,21-/m1/s1. The summed E-state index contributed by atoms with van der Waals surface area (Å²) in [6.45, 7) is 4.29. The average molecular weight is 373 g/mol. The van der Waals surface area contributed by atoms with Crippen LogP contribution in [0.25, 0.3) is 10.1 Å². The van der Waals surface area contributed by atoms with E-state index in [1.807, 2.05) is 32.0 Å². The van der Waals surface area contributed by atoms with E-state index in [0.29, 0.717) is 18.6 Å². The van der Waals surface area contributed by atoms with Crippen LogP contribution in [0.4, 0.5) is 4.39 Å². The zero-order valence-electron chi connectivity index (χ0n) is 15.2. The van der Waals surface area contributed by atoms with Crippen molar-refractivity contribution in [1.29, 1.82) is 0 Å². The summed E-state index contributed by atoms with van der Waals surface area (Å²) in [4.78, 5) is 1.15. The molecule has 1 unspecified atom stereocenters. The van der Waals surface area contributed by atoms with E-state index in [2.05, 4.69) is 18.2 Å². The Kier molecular flexibility index (Phi) is 6.41. The zero-order chi connectivity index (χ0) is 18.5.